The van der Waals surface area contributed by atoms with Gasteiger partial charge < -0.3 is 4.74 Å². The third-order valence-corrected chi connectivity index (χ3v) is 10.8. The Morgan fingerprint density at radius 3 is 2.00 bits per heavy atom. The van der Waals surface area contributed by atoms with Gasteiger partial charge in [-0.1, -0.05) is 97.0 Å². The SMILES string of the molecule is CC(C)c1cccc(C(C)C)c1-c1ccc2c3ccc(Oc4ccc5c6ccccc6n(-c6cc(C(C)(C)C)ccn6)c5c4)cc3c3nccn3c2c1. The van der Waals surface area contributed by atoms with Crippen molar-refractivity contribution in [2.24, 2.45) is 0 Å². The highest BCUT2D eigenvalue weighted by atomic mass is 16.5. The van der Waals surface area contributed by atoms with Crippen molar-refractivity contribution >= 4 is 49.1 Å². The van der Waals surface area contributed by atoms with E-state index in [1.54, 1.807) is 0 Å². The predicted molar refractivity (Wildman–Crippen MR) is 221 cm³/mol. The Labute approximate surface area is 310 Å². The van der Waals surface area contributed by atoms with Crippen LogP contribution in [0.15, 0.2) is 128 Å². The first-order valence-corrected chi connectivity index (χ1v) is 18.7. The van der Waals surface area contributed by atoms with E-state index in [0.29, 0.717) is 11.8 Å². The van der Waals surface area contributed by atoms with Gasteiger partial charge in [0.1, 0.15) is 23.0 Å². The second-order valence-corrected chi connectivity index (χ2v) is 16.0. The Kier molecular flexibility index (Phi) is 7.67. The van der Waals surface area contributed by atoms with Crippen LogP contribution in [-0.4, -0.2) is 18.9 Å². The number of hydrogen-bond donors (Lipinski definition) is 0. The lowest BCUT2D eigenvalue weighted by Gasteiger charge is -2.20. The number of pyridine rings is 2. The summed E-state index contributed by atoms with van der Waals surface area (Å²) >= 11 is 0. The normalized spacial score (nSPS) is 12.4. The molecule has 0 N–H and O–H groups in total. The second kappa shape index (κ2) is 12.3. The van der Waals surface area contributed by atoms with Gasteiger partial charge in [-0.25, -0.2) is 9.97 Å². The molecule has 0 unspecified atom stereocenters. The van der Waals surface area contributed by atoms with Gasteiger partial charge in [0, 0.05) is 46.2 Å². The Bertz CT molecular complexity index is 2840. The fourth-order valence-corrected chi connectivity index (χ4v) is 8.11. The van der Waals surface area contributed by atoms with Crippen molar-refractivity contribution in [3.05, 3.63) is 144 Å². The minimum atomic E-state index is 0.00513. The van der Waals surface area contributed by atoms with Crippen LogP contribution in [0, 0.1) is 0 Å². The molecule has 0 spiro atoms. The van der Waals surface area contributed by atoms with Crippen LogP contribution in [-0.2, 0) is 5.41 Å². The molecule has 262 valence electrons. The lowest BCUT2D eigenvalue weighted by molar-refractivity contribution is 0.484. The second-order valence-electron chi connectivity index (χ2n) is 16.0. The van der Waals surface area contributed by atoms with Crippen LogP contribution in [0.1, 0.15) is 77.0 Å². The van der Waals surface area contributed by atoms with Crippen LogP contribution in [0.25, 0.3) is 66.1 Å². The average molecular weight is 693 g/mol. The molecule has 0 bridgehead atoms. The minimum Gasteiger partial charge on any atom is -0.457 e. The molecule has 5 heteroatoms. The van der Waals surface area contributed by atoms with Gasteiger partial charge in [-0.05, 0) is 105 Å². The number of hydrogen-bond acceptors (Lipinski definition) is 3. The third kappa shape index (κ3) is 5.45. The molecule has 0 amide bonds. The third-order valence-electron chi connectivity index (χ3n) is 10.8. The number of ether oxygens (including phenoxy) is 1. The van der Waals surface area contributed by atoms with E-state index in [1.165, 1.54) is 38.6 Å². The van der Waals surface area contributed by atoms with E-state index in [2.05, 4.69) is 173 Å². The van der Waals surface area contributed by atoms with E-state index in [4.69, 9.17) is 14.7 Å². The first-order valence-electron chi connectivity index (χ1n) is 18.7. The zero-order chi connectivity index (χ0) is 36.6. The van der Waals surface area contributed by atoms with Gasteiger partial charge in [0.25, 0.3) is 0 Å². The summed E-state index contributed by atoms with van der Waals surface area (Å²) in [4.78, 5) is 9.72. The van der Waals surface area contributed by atoms with Crippen molar-refractivity contribution in [3.63, 3.8) is 0 Å². The molecule has 4 aromatic heterocycles. The molecule has 0 saturated carbocycles. The zero-order valence-electron chi connectivity index (χ0n) is 31.5. The summed E-state index contributed by atoms with van der Waals surface area (Å²) in [5, 5.41) is 5.74. The monoisotopic (exact) mass is 692 g/mol. The molecule has 0 fully saturated rings. The molecule has 0 atom stereocenters. The standard InChI is InChI=1S/C48H44N4O/c1-29(2)35-12-10-13-36(30(3)4)46(35)31-15-18-39-37-19-16-33(27-41(37)47-50-23-24-51(47)43(39)25-31)53-34-17-20-40-38-11-8-9-14-42(38)52(44(40)28-34)45-26-32(21-22-49-45)48(5,6)7/h8-30H,1-7H3. The van der Waals surface area contributed by atoms with Crippen LogP contribution in [0.2, 0.25) is 0 Å². The number of aromatic nitrogens is 4. The Morgan fingerprint density at radius 2 is 1.25 bits per heavy atom. The van der Waals surface area contributed by atoms with Gasteiger partial charge in [0.15, 0.2) is 0 Å². The smallest absolute Gasteiger partial charge is 0.145 e. The topological polar surface area (TPSA) is 44.3 Å². The molecule has 9 rings (SSSR count). The minimum absolute atomic E-state index is 0.00513. The summed E-state index contributed by atoms with van der Waals surface area (Å²) in [6.45, 7) is 15.8. The average Bonchev–Trinajstić information content (AvgIpc) is 3.78. The molecular weight excluding hydrogens is 649 g/mol. The van der Waals surface area contributed by atoms with Crippen LogP contribution in [0.3, 0.4) is 0 Å². The highest BCUT2D eigenvalue weighted by Gasteiger charge is 2.20. The summed E-state index contributed by atoms with van der Waals surface area (Å²) in [7, 11) is 0. The molecule has 0 saturated heterocycles. The molecule has 0 radical (unpaired) electrons. The van der Waals surface area contributed by atoms with Crippen molar-refractivity contribution in [1.82, 2.24) is 18.9 Å². The van der Waals surface area contributed by atoms with E-state index in [-0.39, 0.29) is 5.41 Å². The van der Waals surface area contributed by atoms with Crippen molar-refractivity contribution in [3.8, 4) is 28.4 Å². The lowest BCUT2D eigenvalue weighted by atomic mass is 9.84. The molecule has 4 heterocycles. The summed E-state index contributed by atoms with van der Waals surface area (Å²) in [5.41, 5.74) is 10.8. The fourth-order valence-electron chi connectivity index (χ4n) is 8.11. The molecule has 0 aliphatic carbocycles. The Balaban J connectivity index is 1.16. The molecule has 0 aliphatic heterocycles. The molecular formula is C48H44N4O. The number of nitrogens with zero attached hydrogens (tertiary/aromatic N) is 4. The van der Waals surface area contributed by atoms with Gasteiger partial charge in [0.05, 0.1) is 16.6 Å². The molecule has 5 nitrogen and oxygen atoms in total. The van der Waals surface area contributed by atoms with E-state index in [1.807, 2.05) is 12.4 Å². The van der Waals surface area contributed by atoms with Crippen molar-refractivity contribution in [1.29, 1.82) is 0 Å². The predicted octanol–water partition coefficient (Wildman–Crippen LogP) is 13.1. The maximum atomic E-state index is 6.67. The van der Waals surface area contributed by atoms with Gasteiger partial charge >= 0.3 is 0 Å². The Morgan fingerprint density at radius 1 is 0.566 bits per heavy atom. The quantitative estimate of drug-likeness (QED) is 0.163. The van der Waals surface area contributed by atoms with E-state index in [0.717, 1.165) is 55.7 Å². The van der Waals surface area contributed by atoms with Crippen LogP contribution >= 0.6 is 0 Å². The first kappa shape index (κ1) is 32.9. The van der Waals surface area contributed by atoms with Crippen molar-refractivity contribution in [2.45, 2.75) is 65.7 Å². The molecule has 53 heavy (non-hydrogen) atoms. The first-order chi connectivity index (χ1) is 25.6. The highest BCUT2D eigenvalue weighted by Crippen LogP contribution is 2.41. The van der Waals surface area contributed by atoms with Crippen LogP contribution < -0.4 is 4.74 Å². The van der Waals surface area contributed by atoms with Crippen LogP contribution in [0.5, 0.6) is 11.5 Å². The highest BCUT2D eigenvalue weighted by molar-refractivity contribution is 6.13. The van der Waals surface area contributed by atoms with Gasteiger partial charge in [-0.2, -0.15) is 0 Å². The summed E-state index contributed by atoms with van der Waals surface area (Å²) in [6, 6.07) is 39.3. The van der Waals surface area contributed by atoms with Gasteiger partial charge in [-0.3, -0.25) is 8.97 Å². The Hall–Kier alpha value is -5.94. The van der Waals surface area contributed by atoms with E-state index < -0.39 is 0 Å². The number of benzene rings is 5. The zero-order valence-corrected chi connectivity index (χ0v) is 31.5. The lowest BCUT2D eigenvalue weighted by Crippen LogP contribution is -2.12. The molecule has 9 aromatic rings. The summed E-state index contributed by atoms with van der Waals surface area (Å²) < 4.78 is 11.2. The van der Waals surface area contributed by atoms with Crippen LogP contribution in [0.4, 0.5) is 0 Å². The fraction of sp³-hybridized carbons (Fsp3) is 0.208. The van der Waals surface area contributed by atoms with E-state index in [9.17, 15) is 0 Å². The molecule has 5 aromatic carbocycles. The van der Waals surface area contributed by atoms with E-state index >= 15 is 0 Å². The summed E-state index contributed by atoms with van der Waals surface area (Å²) in [5.74, 6) is 3.27. The maximum absolute atomic E-state index is 6.67. The largest absolute Gasteiger partial charge is 0.457 e. The number of rotatable bonds is 6. The number of para-hydroxylation sites is 1. The van der Waals surface area contributed by atoms with Crippen molar-refractivity contribution in [2.75, 3.05) is 0 Å². The molecule has 0 aliphatic rings. The van der Waals surface area contributed by atoms with Crippen molar-refractivity contribution < 1.29 is 4.74 Å². The van der Waals surface area contributed by atoms with Gasteiger partial charge in [-0.15, -0.1) is 0 Å². The van der Waals surface area contributed by atoms with Gasteiger partial charge in [0.2, 0.25) is 0 Å². The summed E-state index contributed by atoms with van der Waals surface area (Å²) in [6.07, 6.45) is 5.88. The number of fused-ring (bicyclic) bond motifs is 9. The maximum Gasteiger partial charge on any atom is 0.145 e. The number of imidazole rings is 1.